The lowest BCUT2D eigenvalue weighted by atomic mass is 10.0. The highest BCUT2D eigenvalue weighted by Gasteiger charge is 2.27. The number of aromatic amines is 1. The van der Waals surface area contributed by atoms with Crippen molar-refractivity contribution in [3.63, 3.8) is 0 Å². The van der Waals surface area contributed by atoms with Crippen molar-refractivity contribution in [2.45, 2.75) is 19.5 Å². The normalized spacial score (nSPS) is 13.3. The maximum atomic E-state index is 12.9. The molecule has 5 heteroatoms. The molecule has 1 N–H and O–H groups in total. The zero-order valence-corrected chi connectivity index (χ0v) is 14.9. The molecule has 3 aromatic rings. The van der Waals surface area contributed by atoms with Crippen LogP contribution in [-0.4, -0.2) is 39.6 Å². The van der Waals surface area contributed by atoms with Crippen molar-refractivity contribution in [3.05, 3.63) is 77.5 Å². The first kappa shape index (κ1) is 16.4. The number of fused-ring (bicyclic) bond motifs is 1. The van der Waals surface area contributed by atoms with Crippen LogP contribution in [0.25, 0.3) is 11.3 Å². The van der Waals surface area contributed by atoms with Gasteiger partial charge < -0.3 is 9.80 Å². The van der Waals surface area contributed by atoms with E-state index in [2.05, 4.69) is 22.3 Å². The molecule has 1 aliphatic heterocycles. The van der Waals surface area contributed by atoms with E-state index < -0.39 is 0 Å². The fourth-order valence-electron chi connectivity index (χ4n) is 3.46. The lowest BCUT2D eigenvalue weighted by Gasteiger charge is -2.31. The number of benzene rings is 2. The van der Waals surface area contributed by atoms with Crippen molar-refractivity contribution in [1.29, 1.82) is 0 Å². The third-order valence-corrected chi connectivity index (χ3v) is 4.84. The molecule has 4 rings (SSSR count). The largest absolute Gasteiger partial charge is 0.323 e. The van der Waals surface area contributed by atoms with E-state index in [1.165, 1.54) is 0 Å². The van der Waals surface area contributed by atoms with Crippen LogP contribution in [-0.2, 0) is 19.5 Å². The molecule has 132 valence electrons. The lowest BCUT2D eigenvalue weighted by molar-refractivity contribution is 0.155. The standard InChI is InChI=1S/C21H22N4O/c1-24(14-16-8-4-2-5-9-16)21(26)25-13-12-19-18(15-25)20(23-22-19)17-10-6-3-7-11-17/h2-11H,12-15H2,1H3,(H,22,23). The smallest absolute Gasteiger partial charge is 0.320 e. The van der Waals surface area contributed by atoms with Crippen LogP contribution in [0.4, 0.5) is 4.79 Å². The van der Waals surface area contributed by atoms with Gasteiger partial charge in [0, 0.05) is 43.4 Å². The Bertz CT molecular complexity index is 889. The van der Waals surface area contributed by atoms with Gasteiger partial charge in [-0.2, -0.15) is 5.10 Å². The van der Waals surface area contributed by atoms with Gasteiger partial charge in [-0.3, -0.25) is 5.10 Å². The molecule has 1 aliphatic rings. The molecule has 26 heavy (non-hydrogen) atoms. The maximum Gasteiger partial charge on any atom is 0.320 e. The van der Waals surface area contributed by atoms with Gasteiger partial charge in [0.2, 0.25) is 0 Å². The van der Waals surface area contributed by atoms with Crippen LogP contribution >= 0.6 is 0 Å². The van der Waals surface area contributed by atoms with Crippen LogP contribution in [0.3, 0.4) is 0 Å². The van der Waals surface area contributed by atoms with Gasteiger partial charge >= 0.3 is 6.03 Å². The van der Waals surface area contributed by atoms with E-state index in [1.54, 1.807) is 4.90 Å². The number of H-pyrrole nitrogens is 1. The summed E-state index contributed by atoms with van der Waals surface area (Å²) in [6, 6.07) is 20.3. The molecule has 0 bridgehead atoms. The van der Waals surface area contributed by atoms with E-state index in [-0.39, 0.29) is 6.03 Å². The van der Waals surface area contributed by atoms with Crippen molar-refractivity contribution in [3.8, 4) is 11.3 Å². The zero-order valence-electron chi connectivity index (χ0n) is 14.9. The zero-order chi connectivity index (χ0) is 17.9. The average Bonchev–Trinajstić information content (AvgIpc) is 3.12. The SMILES string of the molecule is CN(Cc1ccccc1)C(=O)N1CCc2[nH]nc(-c3ccccc3)c2C1. The second-order valence-corrected chi connectivity index (χ2v) is 6.69. The number of carbonyl (C=O) groups is 1. The number of hydrogen-bond donors (Lipinski definition) is 1. The summed E-state index contributed by atoms with van der Waals surface area (Å²) in [7, 11) is 1.86. The summed E-state index contributed by atoms with van der Waals surface area (Å²) in [6.45, 7) is 1.91. The lowest BCUT2D eigenvalue weighted by Crippen LogP contribution is -2.43. The van der Waals surface area contributed by atoms with Crippen LogP contribution in [0.1, 0.15) is 16.8 Å². The summed E-state index contributed by atoms with van der Waals surface area (Å²) in [5.41, 5.74) is 5.43. The van der Waals surface area contributed by atoms with Gasteiger partial charge in [-0.05, 0) is 5.56 Å². The van der Waals surface area contributed by atoms with Crippen molar-refractivity contribution in [1.82, 2.24) is 20.0 Å². The second kappa shape index (κ2) is 7.04. The minimum Gasteiger partial charge on any atom is -0.323 e. The van der Waals surface area contributed by atoms with Crippen LogP contribution in [0.2, 0.25) is 0 Å². The molecule has 2 heterocycles. The highest BCUT2D eigenvalue weighted by molar-refractivity contribution is 5.75. The average molecular weight is 346 g/mol. The first-order chi connectivity index (χ1) is 12.7. The predicted octanol–water partition coefficient (Wildman–Crippen LogP) is 3.69. The van der Waals surface area contributed by atoms with Gasteiger partial charge in [0.15, 0.2) is 0 Å². The van der Waals surface area contributed by atoms with E-state index in [9.17, 15) is 4.79 Å². The van der Waals surface area contributed by atoms with Gasteiger partial charge in [-0.25, -0.2) is 4.79 Å². The van der Waals surface area contributed by atoms with E-state index >= 15 is 0 Å². The molecule has 1 aromatic heterocycles. The Labute approximate surface area is 153 Å². The van der Waals surface area contributed by atoms with E-state index in [0.717, 1.165) is 34.5 Å². The third-order valence-electron chi connectivity index (χ3n) is 4.84. The highest BCUT2D eigenvalue weighted by Crippen LogP contribution is 2.28. The fraction of sp³-hybridized carbons (Fsp3) is 0.238. The van der Waals surface area contributed by atoms with Gasteiger partial charge in [-0.15, -0.1) is 0 Å². The molecule has 0 spiro atoms. The number of urea groups is 1. The predicted molar refractivity (Wildman–Crippen MR) is 101 cm³/mol. The summed E-state index contributed by atoms with van der Waals surface area (Å²) in [4.78, 5) is 16.6. The minimum absolute atomic E-state index is 0.0553. The maximum absolute atomic E-state index is 12.9. The van der Waals surface area contributed by atoms with Crippen molar-refractivity contribution < 1.29 is 4.79 Å². The number of amides is 2. The molecule has 2 aromatic carbocycles. The molecule has 0 radical (unpaired) electrons. The molecule has 5 nitrogen and oxygen atoms in total. The van der Waals surface area contributed by atoms with Gasteiger partial charge in [0.1, 0.15) is 0 Å². The number of nitrogens with zero attached hydrogens (tertiary/aromatic N) is 3. The Morgan fingerprint density at radius 1 is 1.12 bits per heavy atom. The highest BCUT2D eigenvalue weighted by atomic mass is 16.2. The van der Waals surface area contributed by atoms with Crippen LogP contribution in [0.15, 0.2) is 60.7 Å². The first-order valence-corrected chi connectivity index (χ1v) is 8.88. The molecule has 0 unspecified atom stereocenters. The summed E-state index contributed by atoms with van der Waals surface area (Å²) < 4.78 is 0. The minimum atomic E-state index is 0.0553. The topological polar surface area (TPSA) is 52.2 Å². The Hall–Kier alpha value is -3.08. The van der Waals surface area contributed by atoms with Crippen molar-refractivity contribution in [2.24, 2.45) is 0 Å². The third kappa shape index (κ3) is 3.20. The monoisotopic (exact) mass is 346 g/mol. The summed E-state index contributed by atoms with van der Waals surface area (Å²) >= 11 is 0. The molecule has 0 atom stereocenters. The van der Waals surface area contributed by atoms with Gasteiger partial charge in [0.05, 0.1) is 12.2 Å². The summed E-state index contributed by atoms with van der Waals surface area (Å²) in [6.07, 6.45) is 0.806. The van der Waals surface area contributed by atoms with Gasteiger partial charge in [-0.1, -0.05) is 60.7 Å². The molecular formula is C21H22N4O. The van der Waals surface area contributed by atoms with E-state index in [1.807, 2.05) is 60.5 Å². The van der Waals surface area contributed by atoms with Crippen LogP contribution < -0.4 is 0 Å². The summed E-state index contributed by atoms with van der Waals surface area (Å²) in [5.74, 6) is 0. The summed E-state index contributed by atoms with van der Waals surface area (Å²) in [5, 5.41) is 7.65. The number of rotatable bonds is 3. The molecule has 0 aliphatic carbocycles. The Balaban J connectivity index is 1.51. The quantitative estimate of drug-likeness (QED) is 0.786. The second-order valence-electron chi connectivity index (χ2n) is 6.69. The van der Waals surface area contributed by atoms with Crippen molar-refractivity contribution >= 4 is 6.03 Å². The Morgan fingerprint density at radius 2 is 1.81 bits per heavy atom. The van der Waals surface area contributed by atoms with Gasteiger partial charge in [0.25, 0.3) is 0 Å². The van der Waals surface area contributed by atoms with Crippen LogP contribution in [0.5, 0.6) is 0 Å². The number of aromatic nitrogens is 2. The molecule has 0 fully saturated rings. The fourth-order valence-corrected chi connectivity index (χ4v) is 3.46. The number of hydrogen-bond acceptors (Lipinski definition) is 2. The Morgan fingerprint density at radius 3 is 2.54 bits per heavy atom. The Kier molecular flexibility index (Phi) is 4.44. The molecule has 0 saturated heterocycles. The van der Waals surface area contributed by atoms with E-state index in [0.29, 0.717) is 19.6 Å². The molecular weight excluding hydrogens is 324 g/mol. The first-order valence-electron chi connectivity index (χ1n) is 8.88. The van der Waals surface area contributed by atoms with Crippen molar-refractivity contribution in [2.75, 3.05) is 13.6 Å². The molecule has 0 saturated carbocycles. The number of carbonyl (C=O) groups excluding carboxylic acids is 1. The van der Waals surface area contributed by atoms with E-state index in [4.69, 9.17) is 0 Å². The molecule has 2 amide bonds. The van der Waals surface area contributed by atoms with Crippen LogP contribution in [0, 0.1) is 0 Å². The number of nitrogens with one attached hydrogen (secondary N) is 1.